The first kappa shape index (κ1) is 12.8. The van der Waals surface area contributed by atoms with Crippen LogP contribution in [0.15, 0.2) is 49.1 Å². The average Bonchev–Trinajstić information content (AvgIpc) is 2.98. The van der Waals surface area contributed by atoms with Crippen LogP contribution in [-0.2, 0) is 0 Å². The second-order valence-corrected chi connectivity index (χ2v) is 4.98. The molecule has 0 fully saturated rings. The molecule has 5 nitrogen and oxygen atoms in total. The Bertz CT molecular complexity index is 961. The summed E-state index contributed by atoms with van der Waals surface area (Å²) in [6.07, 6.45) is 5.36. The van der Waals surface area contributed by atoms with Crippen molar-refractivity contribution in [3.8, 4) is 17.0 Å². The zero-order chi connectivity index (χ0) is 14.9. The Kier molecular flexibility index (Phi) is 2.96. The van der Waals surface area contributed by atoms with Gasteiger partial charge < -0.3 is 9.72 Å². The van der Waals surface area contributed by atoms with E-state index in [2.05, 4.69) is 32.1 Å². The molecule has 22 heavy (non-hydrogen) atoms. The van der Waals surface area contributed by atoms with Gasteiger partial charge in [0, 0.05) is 34.8 Å². The third-order valence-electron chi connectivity index (χ3n) is 3.62. The van der Waals surface area contributed by atoms with E-state index in [0.717, 1.165) is 33.1 Å². The number of aromatic nitrogens is 4. The van der Waals surface area contributed by atoms with E-state index in [0.29, 0.717) is 12.5 Å². The topological polar surface area (TPSA) is 63.7 Å². The summed E-state index contributed by atoms with van der Waals surface area (Å²) < 4.78 is 5.44. The van der Waals surface area contributed by atoms with Crippen molar-refractivity contribution >= 4 is 21.9 Å². The van der Waals surface area contributed by atoms with Crippen LogP contribution in [0.5, 0.6) is 5.88 Å². The van der Waals surface area contributed by atoms with E-state index in [1.165, 1.54) is 0 Å². The number of nitrogens with zero attached hydrogens (tertiary/aromatic N) is 3. The lowest BCUT2D eigenvalue weighted by Crippen LogP contribution is -1.93. The van der Waals surface area contributed by atoms with Gasteiger partial charge in [-0.05, 0) is 30.7 Å². The van der Waals surface area contributed by atoms with E-state index in [-0.39, 0.29) is 0 Å². The number of rotatable bonds is 3. The Labute approximate surface area is 127 Å². The molecular formula is C17H14N4O. The van der Waals surface area contributed by atoms with E-state index in [1.807, 2.05) is 37.5 Å². The lowest BCUT2D eigenvalue weighted by molar-refractivity contribution is 0.328. The molecule has 0 saturated carbocycles. The maximum atomic E-state index is 5.44. The molecule has 0 aliphatic carbocycles. The fourth-order valence-corrected chi connectivity index (χ4v) is 2.61. The first-order valence-corrected chi connectivity index (χ1v) is 7.16. The summed E-state index contributed by atoms with van der Waals surface area (Å²) in [6.45, 7) is 2.56. The summed E-state index contributed by atoms with van der Waals surface area (Å²) in [5.41, 5.74) is 3.98. The van der Waals surface area contributed by atoms with Gasteiger partial charge in [0.2, 0.25) is 5.88 Å². The molecule has 0 unspecified atom stereocenters. The number of fused-ring (bicyclic) bond motifs is 2. The zero-order valence-electron chi connectivity index (χ0n) is 12.1. The Hall–Kier alpha value is -2.95. The lowest BCUT2D eigenvalue weighted by Gasteiger charge is -2.03. The van der Waals surface area contributed by atoms with Crippen molar-refractivity contribution in [3.63, 3.8) is 0 Å². The van der Waals surface area contributed by atoms with Crippen LogP contribution in [-0.4, -0.2) is 26.5 Å². The first-order valence-electron chi connectivity index (χ1n) is 7.16. The van der Waals surface area contributed by atoms with Crippen molar-refractivity contribution in [2.75, 3.05) is 6.61 Å². The van der Waals surface area contributed by atoms with Crippen molar-refractivity contribution in [1.29, 1.82) is 0 Å². The van der Waals surface area contributed by atoms with E-state index in [9.17, 15) is 0 Å². The molecule has 5 heteroatoms. The summed E-state index contributed by atoms with van der Waals surface area (Å²) >= 11 is 0. The molecular weight excluding hydrogens is 276 g/mol. The summed E-state index contributed by atoms with van der Waals surface area (Å²) in [4.78, 5) is 16.0. The minimum Gasteiger partial charge on any atom is -0.478 e. The fourth-order valence-electron chi connectivity index (χ4n) is 2.61. The standard InChI is InChI=1S/C17H14N4O/c1-2-22-16-6-4-13-14(9-19-17(13)21-16)11-3-5-15-12(7-11)8-18-10-20-15/h3-10H,2H2,1H3,(H,19,21). The third-order valence-corrected chi connectivity index (χ3v) is 3.62. The summed E-state index contributed by atoms with van der Waals surface area (Å²) in [5.74, 6) is 0.635. The number of pyridine rings is 1. The van der Waals surface area contributed by atoms with E-state index in [4.69, 9.17) is 4.74 Å². The SMILES string of the molecule is CCOc1ccc2c(-c3ccc4ncncc4c3)c[nH]c2n1. The van der Waals surface area contributed by atoms with Gasteiger partial charge in [-0.2, -0.15) is 4.98 Å². The highest BCUT2D eigenvalue weighted by Gasteiger charge is 2.09. The van der Waals surface area contributed by atoms with Gasteiger partial charge in [-0.3, -0.25) is 0 Å². The van der Waals surface area contributed by atoms with Gasteiger partial charge in [0.25, 0.3) is 0 Å². The van der Waals surface area contributed by atoms with Gasteiger partial charge >= 0.3 is 0 Å². The molecule has 108 valence electrons. The Balaban J connectivity index is 1.85. The monoisotopic (exact) mass is 290 g/mol. The van der Waals surface area contributed by atoms with E-state index in [1.54, 1.807) is 6.33 Å². The van der Waals surface area contributed by atoms with Gasteiger partial charge in [0.1, 0.15) is 12.0 Å². The van der Waals surface area contributed by atoms with E-state index < -0.39 is 0 Å². The number of benzene rings is 1. The second kappa shape index (κ2) is 5.11. The van der Waals surface area contributed by atoms with Gasteiger partial charge in [-0.15, -0.1) is 0 Å². The summed E-state index contributed by atoms with van der Waals surface area (Å²) in [7, 11) is 0. The molecule has 0 amide bonds. The van der Waals surface area contributed by atoms with Crippen molar-refractivity contribution in [3.05, 3.63) is 49.1 Å². The molecule has 0 aliphatic heterocycles. The minimum atomic E-state index is 0.608. The van der Waals surface area contributed by atoms with Crippen molar-refractivity contribution in [2.24, 2.45) is 0 Å². The van der Waals surface area contributed by atoms with Crippen LogP contribution >= 0.6 is 0 Å². The van der Waals surface area contributed by atoms with Gasteiger partial charge in [0.15, 0.2) is 0 Å². The number of nitrogens with one attached hydrogen (secondary N) is 1. The molecule has 0 atom stereocenters. The summed E-state index contributed by atoms with van der Waals surface area (Å²) in [5, 5.41) is 2.09. The number of hydrogen-bond donors (Lipinski definition) is 1. The molecule has 3 aromatic heterocycles. The molecule has 0 aliphatic rings. The predicted molar refractivity (Wildman–Crippen MR) is 85.8 cm³/mol. The van der Waals surface area contributed by atoms with Crippen molar-refractivity contribution in [1.82, 2.24) is 19.9 Å². The van der Waals surface area contributed by atoms with Gasteiger partial charge in [-0.25, -0.2) is 9.97 Å². The van der Waals surface area contributed by atoms with Gasteiger partial charge in [0.05, 0.1) is 12.1 Å². The Morgan fingerprint density at radius 2 is 2.14 bits per heavy atom. The smallest absolute Gasteiger partial charge is 0.215 e. The van der Waals surface area contributed by atoms with E-state index >= 15 is 0 Å². The van der Waals surface area contributed by atoms with Crippen LogP contribution in [0.3, 0.4) is 0 Å². The molecule has 0 spiro atoms. The number of hydrogen-bond acceptors (Lipinski definition) is 4. The maximum Gasteiger partial charge on any atom is 0.215 e. The number of H-pyrrole nitrogens is 1. The van der Waals surface area contributed by atoms with Crippen LogP contribution in [0.1, 0.15) is 6.92 Å². The molecule has 1 N–H and O–H groups in total. The van der Waals surface area contributed by atoms with Crippen LogP contribution in [0.25, 0.3) is 33.1 Å². The van der Waals surface area contributed by atoms with Gasteiger partial charge in [-0.1, -0.05) is 6.07 Å². The molecule has 3 heterocycles. The van der Waals surface area contributed by atoms with Crippen LogP contribution < -0.4 is 4.74 Å². The maximum absolute atomic E-state index is 5.44. The molecule has 0 bridgehead atoms. The lowest BCUT2D eigenvalue weighted by atomic mass is 10.0. The molecule has 0 saturated heterocycles. The second-order valence-electron chi connectivity index (χ2n) is 4.98. The molecule has 0 radical (unpaired) electrons. The van der Waals surface area contributed by atoms with Crippen molar-refractivity contribution in [2.45, 2.75) is 6.92 Å². The quantitative estimate of drug-likeness (QED) is 0.626. The highest BCUT2D eigenvalue weighted by molar-refractivity contribution is 5.96. The number of ether oxygens (including phenoxy) is 1. The Morgan fingerprint density at radius 1 is 1.18 bits per heavy atom. The fraction of sp³-hybridized carbons (Fsp3) is 0.118. The first-order chi connectivity index (χ1) is 10.8. The molecule has 4 aromatic rings. The van der Waals surface area contributed by atoms with Crippen molar-refractivity contribution < 1.29 is 4.74 Å². The van der Waals surface area contributed by atoms with Crippen LogP contribution in [0.4, 0.5) is 0 Å². The highest BCUT2D eigenvalue weighted by atomic mass is 16.5. The molecule has 4 rings (SSSR count). The molecule has 1 aromatic carbocycles. The normalized spacial score (nSPS) is 11.1. The average molecular weight is 290 g/mol. The third kappa shape index (κ3) is 2.07. The van der Waals surface area contributed by atoms with Crippen LogP contribution in [0, 0.1) is 0 Å². The minimum absolute atomic E-state index is 0.608. The zero-order valence-corrected chi connectivity index (χ0v) is 12.1. The van der Waals surface area contributed by atoms with Crippen LogP contribution in [0.2, 0.25) is 0 Å². The largest absolute Gasteiger partial charge is 0.478 e. The predicted octanol–water partition coefficient (Wildman–Crippen LogP) is 3.57. The Morgan fingerprint density at radius 3 is 3.05 bits per heavy atom. The highest BCUT2D eigenvalue weighted by Crippen LogP contribution is 2.30. The summed E-state index contributed by atoms with van der Waals surface area (Å²) in [6, 6.07) is 10.1. The number of aromatic amines is 1.